The fourth-order valence-corrected chi connectivity index (χ4v) is 2.68. The van der Waals surface area contributed by atoms with E-state index in [2.05, 4.69) is 32.9 Å². The van der Waals surface area contributed by atoms with Crippen molar-refractivity contribution in [1.29, 1.82) is 0 Å². The maximum atomic E-state index is 5.91. The Morgan fingerprint density at radius 2 is 1.63 bits per heavy atom. The van der Waals surface area contributed by atoms with Crippen LogP contribution in [0.1, 0.15) is 16.7 Å². The molecule has 0 aliphatic carbocycles. The summed E-state index contributed by atoms with van der Waals surface area (Å²) in [4.78, 5) is 4.25. The Labute approximate surface area is 181 Å². The predicted octanol–water partition coefficient (Wildman–Crippen LogP) is 4.07. The third-order valence-corrected chi connectivity index (χ3v) is 4.18. The molecule has 0 fully saturated rings. The molecule has 0 saturated carbocycles. The standard InChI is InChI=1S/C20H22ClN5.HI/c1-22-20(23-11-16-7-9-19(21)10-8-16)24-12-18-13-25-26(15-18)14-17-5-3-2-4-6-17;/h2-10,13,15H,11-12,14H2,1H3,(H2,22,23,24);1H. The first-order chi connectivity index (χ1) is 12.7. The number of guanidine groups is 1. The number of hydrogen-bond acceptors (Lipinski definition) is 2. The van der Waals surface area contributed by atoms with Crippen LogP contribution in [0, 0.1) is 0 Å². The van der Waals surface area contributed by atoms with Crippen molar-refractivity contribution in [2.75, 3.05) is 7.05 Å². The van der Waals surface area contributed by atoms with Crippen LogP contribution in [-0.2, 0) is 19.6 Å². The van der Waals surface area contributed by atoms with Crippen molar-refractivity contribution < 1.29 is 0 Å². The predicted molar refractivity (Wildman–Crippen MR) is 122 cm³/mol. The first kappa shape index (κ1) is 21.2. The number of nitrogens with one attached hydrogen (secondary N) is 2. The smallest absolute Gasteiger partial charge is 0.191 e. The fourth-order valence-electron chi connectivity index (χ4n) is 2.55. The number of hydrogen-bond donors (Lipinski definition) is 2. The molecule has 27 heavy (non-hydrogen) atoms. The van der Waals surface area contributed by atoms with Crippen molar-refractivity contribution in [2.45, 2.75) is 19.6 Å². The van der Waals surface area contributed by atoms with Crippen molar-refractivity contribution in [2.24, 2.45) is 4.99 Å². The average Bonchev–Trinajstić information content (AvgIpc) is 3.11. The summed E-state index contributed by atoms with van der Waals surface area (Å²) in [6.07, 6.45) is 3.93. The molecular formula is C20H23ClIN5. The van der Waals surface area contributed by atoms with E-state index in [1.54, 1.807) is 7.05 Å². The topological polar surface area (TPSA) is 54.2 Å². The normalized spacial score (nSPS) is 11.0. The Balaban J connectivity index is 0.00000261. The third-order valence-electron chi connectivity index (χ3n) is 3.93. The highest BCUT2D eigenvalue weighted by molar-refractivity contribution is 14.0. The first-order valence-corrected chi connectivity index (χ1v) is 8.85. The Morgan fingerprint density at radius 3 is 2.30 bits per heavy atom. The van der Waals surface area contributed by atoms with Gasteiger partial charge < -0.3 is 10.6 Å². The number of aliphatic imine (C=N–C) groups is 1. The molecule has 0 spiro atoms. The Hall–Kier alpha value is -2.06. The molecule has 2 aromatic carbocycles. The second-order valence-corrected chi connectivity index (χ2v) is 6.37. The second-order valence-electron chi connectivity index (χ2n) is 5.94. The van der Waals surface area contributed by atoms with Gasteiger partial charge in [0.1, 0.15) is 0 Å². The van der Waals surface area contributed by atoms with Crippen molar-refractivity contribution >= 4 is 41.5 Å². The van der Waals surface area contributed by atoms with E-state index in [0.717, 1.165) is 28.7 Å². The van der Waals surface area contributed by atoms with Gasteiger partial charge in [0.2, 0.25) is 0 Å². The largest absolute Gasteiger partial charge is 0.352 e. The van der Waals surface area contributed by atoms with E-state index in [0.29, 0.717) is 13.1 Å². The summed E-state index contributed by atoms with van der Waals surface area (Å²) in [5.74, 6) is 0.746. The highest BCUT2D eigenvalue weighted by atomic mass is 127. The number of halogens is 2. The van der Waals surface area contributed by atoms with Gasteiger partial charge >= 0.3 is 0 Å². The molecule has 0 saturated heterocycles. The minimum Gasteiger partial charge on any atom is -0.352 e. The van der Waals surface area contributed by atoms with Gasteiger partial charge in [0, 0.05) is 36.9 Å². The quantitative estimate of drug-likeness (QED) is 0.308. The molecule has 0 aliphatic heterocycles. The lowest BCUT2D eigenvalue weighted by Crippen LogP contribution is -2.36. The summed E-state index contributed by atoms with van der Waals surface area (Å²) >= 11 is 5.91. The zero-order chi connectivity index (χ0) is 18.2. The van der Waals surface area contributed by atoms with Gasteiger partial charge in [0.05, 0.1) is 12.7 Å². The summed E-state index contributed by atoms with van der Waals surface area (Å²) in [5.41, 5.74) is 3.49. The van der Waals surface area contributed by atoms with Crippen LogP contribution in [-0.4, -0.2) is 22.8 Å². The lowest BCUT2D eigenvalue weighted by molar-refractivity contribution is 0.685. The van der Waals surface area contributed by atoms with Crippen molar-refractivity contribution in [3.63, 3.8) is 0 Å². The Morgan fingerprint density at radius 1 is 0.963 bits per heavy atom. The molecule has 0 unspecified atom stereocenters. The van der Waals surface area contributed by atoms with E-state index in [9.17, 15) is 0 Å². The van der Waals surface area contributed by atoms with Crippen LogP contribution < -0.4 is 10.6 Å². The van der Waals surface area contributed by atoms with Crippen LogP contribution in [0.3, 0.4) is 0 Å². The summed E-state index contributed by atoms with van der Waals surface area (Å²) in [6.45, 7) is 2.11. The molecule has 3 aromatic rings. The van der Waals surface area contributed by atoms with Gasteiger partial charge in [-0.25, -0.2) is 0 Å². The van der Waals surface area contributed by atoms with Crippen LogP contribution in [0.5, 0.6) is 0 Å². The van der Waals surface area contributed by atoms with Gasteiger partial charge in [-0.3, -0.25) is 9.67 Å². The maximum Gasteiger partial charge on any atom is 0.191 e. The van der Waals surface area contributed by atoms with Gasteiger partial charge in [0.15, 0.2) is 5.96 Å². The highest BCUT2D eigenvalue weighted by Gasteiger charge is 2.02. The molecule has 0 atom stereocenters. The molecule has 0 amide bonds. The molecule has 5 nitrogen and oxygen atoms in total. The Kier molecular flexibility index (Phi) is 8.60. The van der Waals surface area contributed by atoms with Crippen LogP contribution in [0.15, 0.2) is 72.0 Å². The molecule has 142 valence electrons. The van der Waals surface area contributed by atoms with Gasteiger partial charge in [0.25, 0.3) is 0 Å². The lowest BCUT2D eigenvalue weighted by atomic mass is 10.2. The summed E-state index contributed by atoms with van der Waals surface area (Å²) in [6, 6.07) is 18.1. The van der Waals surface area contributed by atoms with E-state index in [1.165, 1.54) is 5.56 Å². The summed E-state index contributed by atoms with van der Waals surface area (Å²) in [7, 11) is 1.76. The number of aromatic nitrogens is 2. The molecular weight excluding hydrogens is 473 g/mol. The molecule has 0 radical (unpaired) electrons. The average molecular weight is 496 g/mol. The van der Waals surface area contributed by atoms with Crippen LogP contribution >= 0.6 is 35.6 Å². The minimum absolute atomic E-state index is 0. The van der Waals surface area contributed by atoms with E-state index in [-0.39, 0.29) is 24.0 Å². The number of benzene rings is 2. The summed E-state index contributed by atoms with van der Waals surface area (Å²) < 4.78 is 1.94. The Bertz CT molecular complexity index is 846. The number of nitrogens with zero attached hydrogens (tertiary/aromatic N) is 3. The fraction of sp³-hybridized carbons (Fsp3) is 0.200. The molecule has 3 rings (SSSR count). The van der Waals surface area contributed by atoms with Crippen LogP contribution in [0.25, 0.3) is 0 Å². The monoisotopic (exact) mass is 495 g/mol. The van der Waals surface area contributed by atoms with Gasteiger partial charge in [-0.05, 0) is 23.3 Å². The van der Waals surface area contributed by atoms with Gasteiger partial charge in [-0.15, -0.1) is 24.0 Å². The van der Waals surface area contributed by atoms with E-state index < -0.39 is 0 Å². The molecule has 0 aliphatic rings. The first-order valence-electron chi connectivity index (χ1n) is 8.47. The van der Waals surface area contributed by atoms with Crippen molar-refractivity contribution in [3.05, 3.63) is 88.7 Å². The minimum atomic E-state index is 0. The highest BCUT2D eigenvalue weighted by Crippen LogP contribution is 2.09. The van der Waals surface area contributed by atoms with E-state index in [4.69, 9.17) is 11.6 Å². The SMILES string of the molecule is CN=C(NCc1ccc(Cl)cc1)NCc1cnn(Cc2ccccc2)c1.I. The molecule has 7 heteroatoms. The third kappa shape index (κ3) is 6.88. The number of rotatable bonds is 6. The van der Waals surface area contributed by atoms with Crippen molar-refractivity contribution in [1.82, 2.24) is 20.4 Å². The van der Waals surface area contributed by atoms with E-state index >= 15 is 0 Å². The lowest BCUT2D eigenvalue weighted by Gasteiger charge is -2.11. The molecule has 0 bridgehead atoms. The second kappa shape index (κ2) is 10.9. The van der Waals surface area contributed by atoms with Gasteiger partial charge in [-0.2, -0.15) is 5.10 Å². The van der Waals surface area contributed by atoms with Crippen molar-refractivity contribution in [3.8, 4) is 0 Å². The maximum absolute atomic E-state index is 5.91. The molecule has 1 aromatic heterocycles. The zero-order valence-corrected chi connectivity index (χ0v) is 18.2. The molecule has 1 heterocycles. The molecule has 2 N–H and O–H groups in total. The van der Waals surface area contributed by atoms with Crippen LogP contribution in [0.2, 0.25) is 5.02 Å². The zero-order valence-electron chi connectivity index (χ0n) is 15.1. The summed E-state index contributed by atoms with van der Waals surface area (Å²) in [5, 5.41) is 11.8. The van der Waals surface area contributed by atoms with Crippen LogP contribution in [0.4, 0.5) is 0 Å². The van der Waals surface area contributed by atoms with Gasteiger partial charge in [-0.1, -0.05) is 54.1 Å². The van der Waals surface area contributed by atoms with E-state index in [1.807, 2.05) is 59.5 Å².